The third-order valence-electron chi connectivity index (χ3n) is 4.85. The summed E-state index contributed by atoms with van der Waals surface area (Å²) in [6.07, 6.45) is 1.03. The van der Waals surface area contributed by atoms with Gasteiger partial charge in [-0.05, 0) is 42.0 Å². The van der Waals surface area contributed by atoms with E-state index in [9.17, 15) is 16.9 Å². The van der Waals surface area contributed by atoms with Crippen LogP contribution in [0, 0.1) is 0 Å². The molecule has 0 saturated heterocycles. The normalized spacial score (nSPS) is 13.4. The van der Waals surface area contributed by atoms with Gasteiger partial charge < -0.3 is 0 Å². The fourth-order valence-corrected chi connectivity index (χ4v) is 7.87. The maximum Gasteiger partial charge on any atom is 1.00 e. The van der Waals surface area contributed by atoms with Gasteiger partial charge in [0, 0.05) is 0 Å². The first-order valence-corrected chi connectivity index (χ1v) is 17.8. The zero-order valence-electron chi connectivity index (χ0n) is 19.1. The van der Waals surface area contributed by atoms with Crippen LogP contribution in [0.25, 0.3) is 0 Å². The number of benzene rings is 4. The largest absolute Gasteiger partial charge is 1.00 e. The number of hydrogen-bond acceptors (Lipinski definition) is 0. The molecule has 0 radical (unpaired) electrons. The Morgan fingerprint density at radius 1 is 0.471 bits per heavy atom. The molecule has 1 unspecified atom stereocenters. The van der Waals surface area contributed by atoms with Crippen LogP contribution in [0.15, 0.2) is 121 Å². The Morgan fingerprint density at radius 3 is 0.971 bits per heavy atom. The van der Waals surface area contributed by atoms with Crippen molar-refractivity contribution in [3.8, 4) is 0 Å². The molecule has 4 aromatic carbocycles. The molecule has 0 N–H and O–H groups in total. The minimum Gasteiger partial charge on any atom is -0.0622 e. The van der Waals surface area contributed by atoms with Crippen LogP contribution in [0.2, 0.25) is 0 Å². The summed E-state index contributed by atoms with van der Waals surface area (Å²) in [7, 11) is -1.78. The van der Waals surface area contributed by atoms with Crippen LogP contribution in [0.3, 0.4) is 0 Å². The van der Waals surface area contributed by atoms with Crippen molar-refractivity contribution in [3.63, 3.8) is 0 Å². The Bertz CT molecular complexity index is 1050. The van der Waals surface area contributed by atoms with Crippen molar-refractivity contribution < 1.29 is 18.3 Å². The van der Waals surface area contributed by atoms with Gasteiger partial charge in [-0.25, -0.2) is 0 Å². The molecule has 0 bridgehead atoms. The number of halogens is 6. The van der Waals surface area contributed by atoms with Crippen LogP contribution in [0.4, 0.5) is 16.9 Å². The van der Waals surface area contributed by atoms with Crippen LogP contribution < -0.4 is 15.9 Å². The van der Waals surface area contributed by atoms with Crippen LogP contribution in [0.1, 0.15) is 6.99 Å². The van der Waals surface area contributed by atoms with Gasteiger partial charge in [-0.2, -0.15) is 9.90 Å². The van der Waals surface area contributed by atoms with E-state index in [1.54, 1.807) is 0 Å². The van der Waals surface area contributed by atoms with E-state index < -0.39 is 26.7 Å². The molecular formula is C25H26F6P2Sb+. The average molecular weight is 624 g/mol. The predicted octanol–water partition coefficient (Wildman–Crippen LogP) is 7.49. The molecule has 4 rings (SSSR count). The molecule has 182 valence electrons. The summed E-state index contributed by atoms with van der Waals surface area (Å²) in [4.78, 5) is 0. The first-order chi connectivity index (χ1) is 15.3. The Hall–Kier alpha value is -1.86. The van der Waals surface area contributed by atoms with Crippen LogP contribution in [-0.4, -0.2) is 19.5 Å². The Morgan fingerprint density at radius 2 is 0.706 bits per heavy atom. The van der Waals surface area contributed by atoms with Gasteiger partial charge in [0.1, 0.15) is 23.2 Å². The minimum absolute atomic E-state index is 0. The maximum absolute atomic E-state index is 11.2. The third kappa shape index (κ3) is 9.06. The van der Waals surface area contributed by atoms with E-state index in [4.69, 9.17) is 0 Å². The standard InChI is InChI=1S/C25H22P.6FH.H3P.Sb/c1-5-13-22(14-6-1)21-26(23-15-7-2-8-16-23,24-17-9-3-10-18-24)25-19-11-4-12-20-25;;;;;;;;/h1-20H,21H2;6*1H;1H3;/q+1;;;;;;;;+5/p-5. The second-order valence-corrected chi connectivity index (χ2v) is 16.4. The van der Waals surface area contributed by atoms with Crippen LogP contribution in [0.5, 0.6) is 0 Å². The SMILES string of the molecule is P.[F][Sb-]([F])([F])([F])([F])[F].[H+].c1ccc(C[P+](c2ccccc2)(c2ccccc2)c2ccccc2)cc1. The van der Waals surface area contributed by atoms with Crippen molar-refractivity contribution in [1.82, 2.24) is 0 Å². The number of hydrogen-bond donors (Lipinski definition) is 0. The molecular weight excluding hydrogens is 598 g/mol. The van der Waals surface area contributed by atoms with Gasteiger partial charge in [-0.1, -0.05) is 84.9 Å². The fourth-order valence-electron chi connectivity index (χ4n) is 3.63. The summed E-state index contributed by atoms with van der Waals surface area (Å²) in [6.45, 7) is 0. The number of rotatable bonds is 5. The second-order valence-electron chi connectivity index (χ2n) is 7.42. The van der Waals surface area contributed by atoms with Gasteiger partial charge in [0.05, 0.1) is 6.16 Å². The monoisotopic (exact) mass is 623 g/mol. The fraction of sp³-hybridized carbons (Fsp3) is 0.0400. The molecule has 0 amide bonds. The molecule has 0 aliphatic carbocycles. The van der Waals surface area contributed by atoms with Crippen molar-refractivity contribution in [2.75, 3.05) is 0 Å². The van der Waals surface area contributed by atoms with E-state index in [1.807, 2.05) is 0 Å². The molecule has 9 heteroatoms. The zero-order valence-corrected chi connectivity index (χ0v) is 23.0. The first kappa shape index (κ1) is 28.4. The van der Waals surface area contributed by atoms with Crippen molar-refractivity contribution in [2.24, 2.45) is 0 Å². The Labute approximate surface area is 203 Å². The summed E-state index contributed by atoms with van der Waals surface area (Å²) in [5.74, 6) is 0. The van der Waals surface area contributed by atoms with Crippen molar-refractivity contribution >= 4 is 52.6 Å². The topological polar surface area (TPSA) is 0 Å². The minimum atomic E-state index is -11.2. The smallest absolute Gasteiger partial charge is 0.0622 e. The summed E-state index contributed by atoms with van der Waals surface area (Å²) >= 11 is -11.2. The van der Waals surface area contributed by atoms with Gasteiger partial charge >= 0.3 is 37.8 Å². The molecule has 0 heterocycles. The van der Waals surface area contributed by atoms with Gasteiger partial charge in [-0.3, -0.25) is 0 Å². The quantitative estimate of drug-likeness (QED) is 0.123. The third-order valence-corrected chi connectivity index (χ3v) is 9.23. The van der Waals surface area contributed by atoms with E-state index in [-0.39, 0.29) is 11.3 Å². The second kappa shape index (κ2) is 10.4. The first-order valence-electron chi connectivity index (χ1n) is 10.00. The molecule has 4 aromatic rings. The van der Waals surface area contributed by atoms with E-state index in [0.29, 0.717) is 0 Å². The predicted molar refractivity (Wildman–Crippen MR) is 140 cm³/mol. The van der Waals surface area contributed by atoms with E-state index >= 15 is 0 Å². The summed E-state index contributed by atoms with van der Waals surface area (Å²) in [5, 5.41) is 4.30. The van der Waals surface area contributed by atoms with E-state index in [0.717, 1.165) is 6.16 Å². The molecule has 0 saturated carbocycles. The molecule has 0 fully saturated rings. The summed E-state index contributed by atoms with van der Waals surface area (Å²) in [6, 6.07) is 44.0. The van der Waals surface area contributed by atoms with E-state index in [2.05, 4.69) is 121 Å². The van der Waals surface area contributed by atoms with Crippen molar-refractivity contribution in [3.05, 3.63) is 127 Å². The molecule has 1 atom stereocenters. The summed E-state index contributed by atoms with van der Waals surface area (Å²) in [5.41, 5.74) is 1.39. The van der Waals surface area contributed by atoms with Gasteiger partial charge in [0.25, 0.3) is 0 Å². The molecule has 0 nitrogen and oxygen atoms in total. The van der Waals surface area contributed by atoms with Gasteiger partial charge in [-0.15, -0.1) is 0 Å². The molecule has 0 spiro atoms. The van der Waals surface area contributed by atoms with Gasteiger partial charge in [0.15, 0.2) is 0 Å². The molecule has 0 aliphatic rings. The summed E-state index contributed by atoms with van der Waals surface area (Å²) < 4.78 is 59.6. The van der Waals surface area contributed by atoms with Crippen molar-refractivity contribution in [1.29, 1.82) is 0 Å². The maximum atomic E-state index is 9.93. The Kier molecular flexibility index (Phi) is 8.68. The molecule has 0 aromatic heterocycles. The van der Waals surface area contributed by atoms with Gasteiger partial charge in [0.2, 0.25) is 0 Å². The zero-order chi connectivity index (χ0) is 24.1. The average Bonchev–Trinajstić information content (AvgIpc) is 2.78. The Balaban J connectivity index is 0.000000601. The molecule has 0 aliphatic heterocycles. The van der Waals surface area contributed by atoms with E-state index in [1.165, 1.54) is 21.5 Å². The molecule has 34 heavy (non-hydrogen) atoms. The van der Waals surface area contributed by atoms with Crippen LogP contribution >= 0.6 is 17.2 Å². The van der Waals surface area contributed by atoms with Crippen LogP contribution in [-0.2, 0) is 6.16 Å². The van der Waals surface area contributed by atoms with Crippen molar-refractivity contribution in [2.45, 2.75) is 6.16 Å².